The van der Waals surface area contributed by atoms with E-state index in [1.54, 1.807) is 25.3 Å². The van der Waals surface area contributed by atoms with E-state index < -0.39 is 0 Å². The van der Waals surface area contributed by atoms with Gasteiger partial charge >= 0.3 is 0 Å². The number of aliphatic imine (C=N–C) groups is 1. The zero-order chi connectivity index (χ0) is 16.2. The van der Waals surface area contributed by atoms with Crippen LogP contribution in [0.5, 0.6) is 0 Å². The van der Waals surface area contributed by atoms with Crippen LogP contribution in [0.4, 0.5) is 0 Å². The summed E-state index contributed by atoms with van der Waals surface area (Å²) in [7, 11) is 3.49. The van der Waals surface area contributed by atoms with Crippen LogP contribution in [0, 0.1) is 11.8 Å². The molecule has 1 aromatic heterocycles. The Balaban J connectivity index is 1.60. The second-order valence-corrected chi connectivity index (χ2v) is 6.81. The maximum Gasteiger partial charge on any atom is 0.243 e. The van der Waals surface area contributed by atoms with Crippen molar-refractivity contribution in [1.82, 2.24) is 15.5 Å². The summed E-state index contributed by atoms with van der Waals surface area (Å²) < 4.78 is 5.35. The van der Waals surface area contributed by atoms with Gasteiger partial charge in [0, 0.05) is 20.1 Å². The highest BCUT2D eigenvalue weighted by Gasteiger charge is 2.39. The van der Waals surface area contributed by atoms with Crippen molar-refractivity contribution in [3.8, 4) is 0 Å². The molecule has 2 aliphatic carbocycles. The van der Waals surface area contributed by atoms with Gasteiger partial charge in [-0.2, -0.15) is 0 Å². The van der Waals surface area contributed by atoms with Gasteiger partial charge in [-0.15, -0.1) is 0 Å². The Morgan fingerprint density at radius 2 is 2.26 bits per heavy atom. The topological polar surface area (TPSA) is 69.9 Å². The predicted molar refractivity (Wildman–Crippen MR) is 88.9 cm³/mol. The molecule has 1 aromatic rings. The molecule has 0 spiro atoms. The first-order valence-corrected chi connectivity index (χ1v) is 8.39. The van der Waals surface area contributed by atoms with Crippen LogP contribution in [0.2, 0.25) is 0 Å². The van der Waals surface area contributed by atoms with Gasteiger partial charge in [0.2, 0.25) is 5.91 Å². The minimum absolute atomic E-state index is 0.00274. The average molecular weight is 318 g/mol. The Bertz CT molecular complexity index is 553. The van der Waals surface area contributed by atoms with E-state index >= 15 is 0 Å². The van der Waals surface area contributed by atoms with Crippen LogP contribution in [0.25, 0.3) is 0 Å². The third-order valence-corrected chi connectivity index (χ3v) is 4.94. The number of nitrogens with one attached hydrogen (secondary N) is 2. The first-order chi connectivity index (χ1) is 11.1. The maximum absolute atomic E-state index is 11.8. The summed E-state index contributed by atoms with van der Waals surface area (Å²) in [4.78, 5) is 17.8. The van der Waals surface area contributed by atoms with E-state index in [1.165, 1.54) is 25.7 Å². The van der Waals surface area contributed by atoms with Gasteiger partial charge in [-0.25, -0.2) is 4.99 Å². The lowest BCUT2D eigenvalue weighted by Gasteiger charge is -2.25. The zero-order valence-electron chi connectivity index (χ0n) is 13.9. The fourth-order valence-corrected chi connectivity index (χ4v) is 3.62. The molecule has 0 aromatic carbocycles. The largest absolute Gasteiger partial charge is 0.467 e. The predicted octanol–water partition coefficient (Wildman–Crippen LogP) is 1.59. The van der Waals surface area contributed by atoms with Gasteiger partial charge in [0.25, 0.3) is 0 Å². The Morgan fingerprint density at radius 3 is 2.87 bits per heavy atom. The van der Waals surface area contributed by atoms with Gasteiger partial charge in [-0.3, -0.25) is 4.79 Å². The van der Waals surface area contributed by atoms with Crippen molar-refractivity contribution in [3.63, 3.8) is 0 Å². The first kappa shape index (κ1) is 15.9. The lowest BCUT2D eigenvalue weighted by molar-refractivity contribution is -0.127. The minimum atomic E-state index is -0.00274. The molecule has 126 valence electrons. The number of rotatable bonds is 5. The highest BCUT2D eigenvalue weighted by atomic mass is 16.3. The number of carbonyl (C=O) groups excluding carboxylic acids is 1. The molecule has 6 nitrogen and oxygen atoms in total. The lowest BCUT2D eigenvalue weighted by Crippen LogP contribution is -2.45. The van der Waals surface area contributed by atoms with E-state index in [9.17, 15) is 4.79 Å². The van der Waals surface area contributed by atoms with Crippen LogP contribution in [-0.4, -0.2) is 43.4 Å². The molecule has 3 rings (SSSR count). The fraction of sp³-hybridized carbons (Fsp3) is 0.647. The molecule has 3 unspecified atom stereocenters. The normalized spacial score (nSPS) is 26.3. The molecule has 2 aliphatic rings. The molecule has 0 saturated heterocycles. The Labute approximate surface area is 137 Å². The molecule has 2 fully saturated rings. The maximum atomic E-state index is 11.8. The van der Waals surface area contributed by atoms with Crippen LogP contribution >= 0.6 is 0 Å². The molecule has 6 heteroatoms. The summed E-state index contributed by atoms with van der Waals surface area (Å²) in [5, 5.41) is 6.81. The van der Waals surface area contributed by atoms with Crippen LogP contribution in [-0.2, 0) is 11.3 Å². The number of hydrogen-bond donors (Lipinski definition) is 2. The van der Waals surface area contributed by atoms with E-state index in [-0.39, 0.29) is 12.5 Å². The number of furan rings is 1. The van der Waals surface area contributed by atoms with Crippen molar-refractivity contribution in [2.45, 2.75) is 38.3 Å². The summed E-state index contributed by atoms with van der Waals surface area (Å²) in [6.07, 6.45) is 6.89. The van der Waals surface area contributed by atoms with Gasteiger partial charge in [-0.1, -0.05) is 6.42 Å². The molecule has 2 bridgehead atoms. The molecular formula is C17H26N4O2. The van der Waals surface area contributed by atoms with Crippen LogP contribution in [0.1, 0.15) is 31.4 Å². The van der Waals surface area contributed by atoms with Gasteiger partial charge in [0.1, 0.15) is 12.3 Å². The second-order valence-electron chi connectivity index (χ2n) is 6.81. The standard InChI is InChI=1S/C17H26N4O2/c1-21(2)16(22)11-19-17(18-10-14-4-3-7-23-14)20-15-9-12-5-6-13(15)8-12/h3-4,7,12-13,15H,5-6,8-11H2,1-2H3,(H2,18,19,20). The van der Waals surface area contributed by atoms with Crippen molar-refractivity contribution in [1.29, 1.82) is 0 Å². The molecule has 3 atom stereocenters. The molecule has 0 aliphatic heterocycles. The van der Waals surface area contributed by atoms with Crippen molar-refractivity contribution in [2.24, 2.45) is 16.8 Å². The molecule has 2 saturated carbocycles. The quantitative estimate of drug-likeness (QED) is 0.639. The highest BCUT2D eigenvalue weighted by molar-refractivity contribution is 5.84. The fourth-order valence-electron chi connectivity index (χ4n) is 3.62. The second kappa shape index (κ2) is 7.06. The monoisotopic (exact) mass is 318 g/mol. The van der Waals surface area contributed by atoms with E-state index in [1.807, 2.05) is 12.1 Å². The average Bonchev–Trinajstić information content (AvgIpc) is 3.26. The number of fused-ring (bicyclic) bond motifs is 2. The van der Waals surface area contributed by atoms with E-state index in [2.05, 4.69) is 15.6 Å². The van der Waals surface area contributed by atoms with Crippen molar-refractivity contribution >= 4 is 11.9 Å². The van der Waals surface area contributed by atoms with Crippen molar-refractivity contribution in [2.75, 3.05) is 20.6 Å². The smallest absolute Gasteiger partial charge is 0.243 e. The molecule has 1 heterocycles. The van der Waals surface area contributed by atoms with Crippen LogP contribution in [0.15, 0.2) is 27.8 Å². The number of likely N-dealkylation sites (N-methyl/N-ethyl adjacent to an activating group) is 1. The summed E-state index contributed by atoms with van der Waals surface area (Å²) in [6, 6.07) is 4.27. The number of nitrogens with zero attached hydrogens (tertiary/aromatic N) is 2. The molecule has 23 heavy (non-hydrogen) atoms. The van der Waals surface area contributed by atoms with Gasteiger partial charge < -0.3 is 20.0 Å². The Morgan fingerprint density at radius 1 is 1.39 bits per heavy atom. The molecular weight excluding hydrogens is 292 g/mol. The molecule has 2 N–H and O–H groups in total. The summed E-state index contributed by atoms with van der Waals surface area (Å²) >= 11 is 0. The summed E-state index contributed by atoms with van der Waals surface area (Å²) in [5.41, 5.74) is 0. The van der Waals surface area contributed by atoms with Gasteiger partial charge in [0.15, 0.2) is 5.96 Å². The summed E-state index contributed by atoms with van der Waals surface area (Å²) in [6.45, 7) is 0.719. The van der Waals surface area contributed by atoms with Gasteiger partial charge in [-0.05, 0) is 43.2 Å². The highest BCUT2D eigenvalue weighted by Crippen LogP contribution is 2.44. The van der Waals surface area contributed by atoms with Crippen molar-refractivity contribution in [3.05, 3.63) is 24.2 Å². The number of guanidine groups is 1. The number of hydrogen-bond acceptors (Lipinski definition) is 3. The zero-order valence-corrected chi connectivity index (χ0v) is 13.9. The van der Waals surface area contributed by atoms with Crippen LogP contribution < -0.4 is 10.6 Å². The summed E-state index contributed by atoms with van der Waals surface area (Å²) in [5.74, 6) is 3.17. The SMILES string of the molecule is CN(C)C(=O)CN=C(NCc1ccco1)NC1CC2CCC1C2. The van der Waals surface area contributed by atoms with Gasteiger partial charge in [0.05, 0.1) is 12.8 Å². The molecule has 1 amide bonds. The van der Waals surface area contributed by atoms with Crippen molar-refractivity contribution < 1.29 is 9.21 Å². The third kappa shape index (κ3) is 4.06. The number of amides is 1. The minimum Gasteiger partial charge on any atom is -0.467 e. The van der Waals surface area contributed by atoms with Crippen LogP contribution in [0.3, 0.4) is 0 Å². The Kier molecular flexibility index (Phi) is 4.88. The lowest BCUT2D eigenvalue weighted by atomic mass is 9.95. The van der Waals surface area contributed by atoms with E-state index in [0.717, 1.165) is 17.6 Å². The third-order valence-electron chi connectivity index (χ3n) is 4.94. The first-order valence-electron chi connectivity index (χ1n) is 8.39. The van der Waals surface area contributed by atoms with E-state index in [4.69, 9.17) is 4.42 Å². The van der Waals surface area contributed by atoms with E-state index in [0.29, 0.717) is 18.5 Å². The molecule has 0 radical (unpaired) electrons. The Hall–Kier alpha value is -1.98. The number of carbonyl (C=O) groups is 1.